The standard InChI is InChI=1S/2C16H24O4.3C15H22O4.2C14H20O4.C13H18O4/c1-10(2)15(18)19-9-14(17)20-16(11(3)4)8-12-5-6-13(16)7-12;1-4-7-16(9-12-5-6-13(16)8-12)20-14(17)10-19-15(18)11(2)3;1-4-15(8-11-5-6-12(15)7-11)19-13(16)9-18-14(17)10(2)3;1-4-13(16)18-9-14(17)19-15(10(2)3)8-11-5-6-12(15)7-11;1-3-7-15(9-11-5-6-12(15)8-11)19-14(17)10-18-13(16)4-2;1-9(2)13(16)17-8-12(15)18-14(3)7-10-4-5-11(14)6-10;1-3-12(15)17-9-13(16)18-14(4-2)8-10-5-6-11(14)7-10;1-3-11(14)16-8-12(15)17-13(2)7-9-4-5-10(13)6-9/h11-13H,1,5-9H2,2-4H3;12-13H,2,4-10H2,1,3H3;11-12H,2,4-9H2,1,3H3;4,10-12H,1,5-9H2,2-3H3;4,11-12H,2-3,5-10H2,1H3;10-11H,1,4-8H2,2-3H3;3,10-11H,1,4-9H2,2H3;3,9-10H,1,4-8H2,2H3. The third-order valence-electron chi connectivity index (χ3n) is 35.3. The summed E-state index contributed by atoms with van der Waals surface area (Å²) in [7, 11) is 0. The van der Waals surface area contributed by atoms with E-state index >= 15 is 0 Å². The maximum Gasteiger partial charge on any atom is 0.344 e. The molecule has 0 heterocycles. The molecule has 16 bridgehead atoms. The molecule has 16 fully saturated rings. The fourth-order valence-corrected chi connectivity index (χ4v) is 28.4. The smallest absolute Gasteiger partial charge is 0.344 e. The molecule has 150 heavy (non-hydrogen) atoms. The first kappa shape index (κ1) is 123. The van der Waals surface area contributed by atoms with E-state index in [1.165, 1.54) is 77.0 Å². The van der Waals surface area contributed by atoms with Crippen molar-refractivity contribution in [2.75, 3.05) is 52.9 Å². The summed E-state index contributed by atoms with van der Waals surface area (Å²) in [5.74, 6) is 1.93. The van der Waals surface area contributed by atoms with E-state index < -0.39 is 95.5 Å². The predicted molar refractivity (Wildman–Crippen MR) is 553 cm³/mol. The van der Waals surface area contributed by atoms with Crippen LogP contribution in [-0.2, 0) is 153 Å². The van der Waals surface area contributed by atoms with Crippen molar-refractivity contribution >= 4 is 95.5 Å². The molecule has 0 radical (unpaired) electrons. The summed E-state index contributed by atoms with van der Waals surface area (Å²) in [6.45, 7) is 51.4. The molecule has 24 unspecified atom stereocenters. The van der Waals surface area contributed by atoms with Gasteiger partial charge in [0.05, 0.1) is 0 Å². The van der Waals surface area contributed by atoms with Gasteiger partial charge in [0.1, 0.15) is 44.8 Å². The molecule has 0 amide bonds. The van der Waals surface area contributed by atoms with Gasteiger partial charge < -0.3 is 75.8 Å². The van der Waals surface area contributed by atoms with Crippen molar-refractivity contribution in [1.29, 1.82) is 0 Å². The van der Waals surface area contributed by atoms with Gasteiger partial charge in [-0.1, -0.05) is 121 Å². The molecule has 0 aromatic carbocycles. The Balaban J connectivity index is 0.000000190. The van der Waals surface area contributed by atoms with Gasteiger partial charge in [0, 0.05) is 46.6 Å². The van der Waals surface area contributed by atoms with Crippen molar-refractivity contribution in [3.05, 3.63) is 99.2 Å². The Kier molecular flexibility index (Phi) is 45.3. The second-order valence-electron chi connectivity index (χ2n) is 46.4. The van der Waals surface area contributed by atoms with Crippen LogP contribution in [0.3, 0.4) is 0 Å². The van der Waals surface area contributed by atoms with Crippen LogP contribution in [-0.4, -0.2) is 193 Å². The Morgan fingerprint density at radius 3 is 0.620 bits per heavy atom. The second-order valence-corrected chi connectivity index (χ2v) is 46.4. The number of hydrogen-bond donors (Lipinski definition) is 0. The molecule has 16 saturated carbocycles. The number of esters is 16. The largest absolute Gasteiger partial charge is 0.457 e. The third kappa shape index (κ3) is 32.8. The molecule has 0 saturated heterocycles. The summed E-state index contributed by atoms with van der Waals surface area (Å²) in [4.78, 5) is 183. The Labute approximate surface area is 887 Å². The number of fused-ring (bicyclic) bond motifs is 16. The van der Waals surface area contributed by atoms with E-state index in [1.54, 1.807) is 27.7 Å². The van der Waals surface area contributed by atoms with Crippen LogP contribution < -0.4 is 0 Å². The van der Waals surface area contributed by atoms with Gasteiger partial charge in [-0.3, -0.25) is 0 Å². The van der Waals surface area contributed by atoms with Gasteiger partial charge in [-0.05, 0) is 379 Å². The van der Waals surface area contributed by atoms with Crippen molar-refractivity contribution in [1.82, 2.24) is 0 Å². The minimum absolute atomic E-state index is 0.286. The summed E-state index contributed by atoms with van der Waals surface area (Å²) in [6, 6.07) is 0. The van der Waals surface area contributed by atoms with E-state index in [-0.39, 0.29) is 114 Å². The quantitative estimate of drug-likeness (QED) is 0.0312. The number of carbonyl (C=O) groups is 16. The highest BCUT2D eigenvalue weighted by Gasteiger charge is 2.61. The lowest BCUT2D eigenvalue weighted by Crippen LogP contribution is -2.46. The minimum atomic E-state index is -0.597. The number of ether oxygens (including phenoxy) is 16. The second kappa shape index (κ2) is 55.3. The van der Waals surface area contributed by atoms with E-state index in [0.717, 1.165) is 191 Å². The fraction of sp³-hybridized carbons (Fsp3) is 0.729. The van der Waals surface area contributed by atoms with E-state index in [4.69, 9.17) is 71.1 Å². The SMILES string of the molecule is C=C(C)C(=O)OCC(=O)OC1(C(C)C)CC2CCC1C2.C=C(C)C(=O)OCC(=O)OC1(C)CC2CCC1C2.C=C(C)C(=O)OCC(=O)OC1(CC)CC2CCC1C2.C=C(C)C(=O)OCC(=O)OC1(CCC)CC2CCC1C2.C=CC(=O)OCC(=O)OC1(C(C)C)CC2CCC1C2.C=CC(=O)OCC(=O)OC1(C)CC2CCC1C2.C=CC(=O)OCC(=O)OC1(CC)CC2CCC1C2.C=CC(=O)OCC(=O)OC1(CCC)CC2CCC1C2. The summed E-state index contributed by atoms with van der Waals surface area (Å²) in [6.07, 6.45) is 46.0. The molecule has 16 aliphatic rings. The molecule has 0 aromatic heterocycles. The first-order valence-electron chi connectivity index (χ1n) is 55.1. The van der Waals surface area contributed by atoms with Crippen LogP contribution in [0.2, 0.25) is 0 Å². The normalized spacial score (nSPS) is 32.4. The maximum atomic E-state index is 12.0. The molecular formula is C118H172O32. The Bertz CT molecular complexity index is 4880. The van der Waals surface area contributed by atoms with Gasteiger partial charge in [0.15, 0.2) is 52.9 Å². The van der Waals surface area contributed by atoms with Gasteiger partial charge >= 0.3 is 95.5 Å². The van der Waals surface area contributed by atoms with Crippen molar-refractivity contribution in [3.63, 3.8) is 0 Å². The minimum Gasteiger partial charge on any atom is -0.457 e. The lowest BCUT2D eigenvalue weighted by Gasteiger charge is -2.40. The molecule has 0 spiro atoms. The molecule has 32 nitrogen and oxygen atoms in total. The molecule has 0 N–H and O–H groups in total. The maximum absolute atomic E-state index is 12.0. The van der Waals surface area contributed by atoms with Gasteiger partial charge in [-0.2, -0.15) is 0 Å². The Hall–Kier alpha value is -10.6. The van der Waals surface area contributed by atoms with Crippen LogP contribution in [0.15, 0.2) is 99.2 Å². The van der Waals surface area contributed by atoms with Crippen molar-refractivity contribution in [3.8, 4) is 0 Å². The van der Waals surface area contributed by atoms with Gasteiger partial charge in [-0.15, -0.1) is 0 Å². The van der Waals surface area contributed by atoms with Crippen LogP contribution in [0, 0.1) is 107 Å². The molecule has 0 aliphatic heterocycles. The van der Waals surface area contributed by atoms with E-state index in [2.05, 4.69) is 113 Å². The lowest BCUT2D eigenvalue weighted by molar-refractivity contribution is -0.180. The Morgan fingerprint density at radius 2 is 0.447 bits per heavy atom. The van der Waals surface area contributed by atoms with Crippen LogP contribution in [0.25, 0.3) is 0 Å². The average Bonchev–Trinajstić information content (AvgIpc) is 1.60. The van der Waals surface area contributed by atoms with Crippen molar-refractivity contribution in [2.45, 2.75) is 386 Å². The molecule has 24 atom stereocenters. The zero-order chi connectivity index (χ0) is 111. The van der Waals surface area contributed by atoms with E-state index in [0.29, 0.717) is 112 Å². The van der Waals surface area contributed by atoms with Gasteiger partial charge in [0.25, 0.3) is 0 Å². The first-order valence-corrected chi connectivity index (χ1v) is 55.1. The van der Waals surface area contributed by atoms with Crippen LogP contribution in [0.1, 0.15) is 341 Å². The average molecular weight is 2100 g/mol. The molecule has 0 aromatic rings. The van der Waals surface area contributed by atoms with Crippen molar-refractivity contribution in [2.24, 2.45) is 107 Å². The van der Waals surface area contributed by atoms with Crippen LogP contribution in [0.5, 0.6) is 0 Å². The topological polar surface area (TPSA) is 421 Å². The first-order chi connectivity index (χ1) is 70.9. The number of carbonyl (C=O) groups excluding carboxylic acids is 16. The van der Waals surface area contributed by atoms with E-state index in [9.17, 15) is 76.7 Å². The molecule has 16 aliphatic carbocycles. The predicted octanol–water partition coefficient (Wildman–Crippen LogP) is 19.9. The fourth-order valence-electron chi connectivity index (χ4n) is 28.4. The van der Waals surface area contributed by atoms with Gasteiger partial charge in [0.2, 0.25) is 0 Å². The number of hydrogen-bond acceptors (Lipinski definition) is 32. The number of rotatable bonds is 40. The summed E-state index contributed by atoms with van der Waals surface area (Å²) in [5, 5.41) is 0. The van der Waals surface area contributed by atoms with Crippen LogP contribution >= 0.6 is 0 Å². The molecule has 836 valence electrons. The monoisotopic (exact) mass is 2100 g/mol. The van der Waals surface area contributed by atoms with Gasteiger partial charge in [-0.25, -0.2) is 76.7 Å². The summed E-state index contributed by atoms with van der Waals surface area (Å²) in [5.41, 5.74) is -1.45. The zero-order valence-corrected chi connectivity index (χ0v) is 91.9. The summed E-state index contributed by atoms with van der Waals surface area (Å²) < 4.78 is 83.5. The van der Waals surface area contributed by atoms with Crippen molar-refractivity contribution < 1.29 is 153 Å². The molecule has 32 heteroatoms. The lowest BCUT2D eigenvalue weighted by atomic mass is 9.76. The zero-order valence-electron chi connectivity index (χ0n) is 91.9. The molecule has 16 rings (SSSR count). The molecular weight excluding hydrogens is 1930 g/mol. The third-order valence-corrected chi connectivity index (χ3v) is 35.3. The highest BCUT2D eigenvalue weighted by Crippen LogP contribution is 2.62. The highest BCUT2D eigenvalue weighted by molar-refractivity contribution is 5.91. The van der Waals surface area contributed by atoms with Crippen LogP contribution in [0.4, 0.5) is 0 Å². The van der Waals surface area contributed by atoms with E-state index in [1.807, 2.05) is 13.8 Å². The Morgan fingerprint density at radius 1 is 0.253 bits per heavy atom. The summed E-state index contributed by atoms with van der Waals surface area (Å²) >= 11 is 0. The highest BCUT2D eigenvalue weighted by atomic mass is 16.6.